The molecule has 1 fully saturated rings. The van der Waals surface area contributed by atoms with Crippen LogP contribution in [0.4, 0.5) is 0 Å². The van der Waals surface area contributed by atoms with Crippen LogP contribution >= 0.6 is 0 Å². The Bertz CT molecular complexity index is 221. The molecule has 0 spiro atoms. The minimum Gasteiger partial charge on any atom is -0.481 e. The fraction of sp³-hybridized carbons (Fsp3) is 0.909. The number of carboxylic acids is 1. The molecule has 1 aliphatic rings. The van der Waals surface area contributed by atoms with Gasteiger partial charge in [-0.2, -0.15) is 0 Å². The van der Waals surface area contributed by atoms with Crippen LogP contribution in [0.25, 0.3) is 0 Å². The van der Waals surface area contributed by atoms with Crippen molar-refractivity contribution in [1.29, 1.82) is 0 Å². The number of hydrogen-bond donors (Lipinski definition) is 2. The highest BCUT2D eigenvalue weighted by Gasteiger charge is 2.32. The molecule has 1 rings (SSSR count). The molecule has 0 saturated carbocycles. The quantitative estimate of drug-likeness (QED) is 0.726. The Hall–Kier alpha value is -0.610. The summed E-state index contributed by atoms with van der Waals surface area (Å²) in [6.45, 7) is 5.97. The van der Waals surface area contributed by atoms with E-state index in [2.05, 4.69) is 24.1 Å². The fourth-order valence-corrected chi connectivity index (χ4v) is 2.14. The monoisotopic (exact) mass is 214 g/mol. The summed E-state index contributed by atoms with van der Waals surface area (Å²) >= 11 is 0. The zero-order valence-corrected chi connectivity index (χ0v) is 9.86. The lowest BCUT2D eigenvalue weighted by Crippen LogP contribution is -2.52. The van der Waals surface area contributed by atoms with Crippen molar-refractivity contribution >= 4 is 5.97 Å². The van der Waals surface area contributed by atoms with Gasteiger partial charge in [-0.25, -0.2) is 0 Å². The molecule has 0 aromatic rings. The van der Waals surface area contributed by atoms with Crippen LogP contribution < -0.4 is 5.32 Å². The second-order valence-corrected chi connectivity index (χ2v) is 4.47. The summed E-state index contributed by atoms with van der Waals surface area (Å²) < 4.78 is 0. The minimum absolute atomic E-state index is 0.217. The van der Waals surface area contributed by atoms with Gasteiger partial charge in [0.15, 0.2) is 0 Å². The molecule has 15 heavy (non-hydrogen) atoms. The Morgan fingerprint density at radius 3 is 2.73 bits per heavy atom. The fourth-order valence-electron chi connectivity index (χ4n) is 2.14. The molecule has 4 heteroatoms. The number of carboxylic acid groups (broad SMARTS) is 1. The van der Waals surface area contributed by atoms with Gasteiger partial charge in [-0.3, -0.25) is 9.69 Å². The second-order valence-electron chi connectivity index (χ2n) is 4.47. The lowest BCUT2D eigenvalue weighted by Gasteiger charge is -2.39. The molecule has 3 atom stereocenters. The molecule has 0 bridgehead atoms. The topological polar surface area (TPSA) is 52.6 Å². The van der Waals surface area contributed by atoms with Crippen LogP contribution in [0.2, 0.25) is 0 Å². The predicted molar refractivity (Wildman–Crippen MR) is 59.9 cm³/mol. The molecule has 1 aliphatic heterocycles. The Kier molecular flexibility index (Phi) is 4.54. The first-order chi connectivity index (χ1) is 7.08. The Morgan fingerprint density at radius 2 is 2.27 bits per heavy atom. The molecule has 0 radical (unpaired) electrons. The number of hydrogen-bond acceptors (Lipinski definition) is 3. The minimum atomic E-state index is -0.664. The summed E-state index contributed by atoms with van der Waals surface area (Å²) in [5, 5.41) is 12.3. The molecular formula is C11H22N2O2. The van der Waals surface area contributed by atoms with Crippen molar-refractivity contribution in [3.05, 3.63) is 0 Å². The number of nitrogens with zero attached hydrogens (tertiary/aromatic N) is 1. The first-order valence-corrected chi connectivity index (χ1v) is 5.72. The Balaban J connectivity index is 2.62. The van der Waals surface area contributed by atoms with Gasteiger partial charge in [0.05, 0.1) is 5.92 Å². The van der Waals surface area contributed by atoms with Crippen LogP contribution in [0.15, 0.2) is 0 Å². The van der Waals surface area contributed by atoms with Crippen LogP contribution in [0, 0.1) is 5.92 Å². The lowest BCUT2D eigenvalue weighted by atomic mass is 9.93. The van der Waals surface area contributed by atoms with E-state index < -0.39 is 5.97 Å². The summed E-state index contributed by atoms with van der Waals surface area (Å²) in [6.07, 6.45) is 1.82. The van der Waals surface area contributed by atoms with E-state index >= 15 is 0 Å². The maximum Gasteiger partial charge on any atom is 0.307 e. The average molecular weight is 214 g/mol. The molecule has 0 amide bonds. The molecule has 4 nitrogen and oxygen atoms in total. The third kappa shape index (κ3) is 3.18. The zero-order valence-electron chi connectivity index (χ0n) is 9.86. The van der Waals surface area contributed by atoms with Crippen molar-refractivity contribution in [2.75, 3.05) is 20.1 Å². The van der Waals surface area contributed by atoms with Gasteiger partial charge < -0.3 is 10.4 Å². The van der Waals surface area contributed by atoms with E-state index in [0.29, 0.717) is 18.6 Å². The predicted octanol–water partition coefficient (Wildman–Crippen LogP) is 0.779. The Labute approximate surface area is 91.6 Å². The number of likely N-dealkylation sites (N-methyl/N-ethyl adjacent to an activating group) is 1. The third-order valence-corrected chi connectivity index (χ3v) is 3.45. The first-order valence-electron chi connectivity index (χ1n) is 5.72. The van der Waals surface area contributed by atoms with Crippen LogP contribution in [-0.4, -0.2) is 48.2 Å². The third-order valence-electron chi connectivity index (χ3n) is 3.45. The summed E-state index contributed by atoms with van der Waals surface area (Å²) in [6, 6.07) is 0.789. The largest absolute Gasteiger partial charge is 0.481 e. The van der Waals surface area contributed by atoms with E-state index in [9.17, 15) is 4.79 Å². The van der Waals surface area contributed by atoms with Gasteiger partial charge in [0.1, 0.15) is 0 Å². The van der Waals surface area contributed by atoms with Crippen molar-refractivity contribution in [3.8, 4) is 0 Å². The van der Waals surface area contributed by atoms with Gasteiger partial charge >= 0.3 is 5.97 Å². The molecule has 3 unspecified atom stereocenters. The van der Waals surface area contributed by atoms with E-state index in [1.54, 1.807) is 0 Å². The van der Waals surface area contributed by atoms with Crippen LogP contribution in [0.1, 0.15) is 26.7 Å². The van der Waals surface area contributed by atoms with E-state index in [4.69, 9.17) is 5.11 Å². The zero-order chi connectivity index (χ0) is 11.4. The van der Waals surface area contributed by atoms with Crippen molar-refractivity contribution < 1.29 is 9.90 Å². The molecule has 2 N–H and O–H groups in total. The van der Waals surface area contributed by atoms with Crippen molar-refractivity contribution in [3.63, 3.8) is 0 Å². The van der Waals surface area contributed by atoms with Crippen molar-refractivity contribution in [2.45, 2.75) is 38.8 Å². The number of rotatable bonds is 4. The molecule has 1 heterocycles. The summed E-state index contributed by atoms with van der Waals surface area (Å²) in [4.78, 5) is 13.3. The van der Waals surface area contributed by atoms with Gasteiger partial charge in [0, 0.05) is 25.2 Å². The normalized spacial score (nSPS) is 30.1. The lowest BCUT2D eigenvalue weighted by molar-refractivity contribution is -0.144. The second kappa shape index (κ2) is 5.47. The van der Waals surface area contributed by atoms with Crippen LogP contribution in [-0.2, 0) is 4.79 Å². The van der Waals surface area contributed by atoms with E-state index in [0.717, 1.165) is 19.4 Å². The first kappa shape index (κ1) is 12.5. The number of aliphatic carboxylic acids is 1. The van der Waals surface area contributed by atoms with Crippen LogP contribution in [0.3, 0.4) is 0 Å². The number of nitrogens with one attached hydrogen (secondary N) is 1. The van der Waals surface area contributed by atoms with E-state index in [1.165, 1.54) is 0 Å². The van der Waals surface area contributed by atoms with E-state index in [1.807, 2.05) is 7.05 Å². The highest BCUT2D eigenvalue weighted by molar-refractivity contribution is 5.70. The van der Waals surface area contributed by atoms with Gasteiger partial charge in [0.25, 0.3) is 0 Å². The molecule has 0 aliphatic carbocycles. The summed E-state index contributed by atoms with van der Waals surface area (Å²) in [5.41, 5.74) is 0. The van der Waals surface area contributed by atoms with Gasteiger partial charge in [-0.1, -0.05) is 6.92 Å². The van der Waals surface area contributed by atoms with Crippen molar-refractivity contribution in [2.24, 2.45) is 5.92 Å². The van der Waals surface area contributed by atoms with Gasteiger partial charge in [-0.05, 0) is 26.8 Å². The summed E-state index contributed by atoms with van der Waals surface area (Å²) in [5.74, 6) is -0.881. The smallest absolute Gasteiger partial charge is 0.307 e. The molecule has 88 valence electrons. The number of piperidine rings is 1. The summed E-state index contributed by atoms with van der Waals surface area (Å²) in [7, 11) is 1.91. The highest BCUT2D eigenvalue weighted by atomic mass is 16.4. The maximum absolute atomic E-state index is 11.0. The molecular weight excluding hydrogens is 192 g/mol. The SMILES string of the molecule is CCC(C)N1CC(NC)CC(C(=O)O)C1. The number of likely N-dealkylation sites (tertiary alicyclic amines) is 1. The van der Waals surface area contributed by atoms with E-state index in [-0.39, 0.29) is 5.92 Å². The molecule has 0 aromatic carbocycles. The highest BCUT2D eigenvalue weighted by Crippen LogP contribution is 2.20. The average Bonchev–Trinajstić information content (AvgIpc) is 2.27. The van der Waals surface area contributed by atoms with Crippen LogP contribution in [0.5, 0.6) is 0 Å². The maximum atomic E-state index is 11.0. The standard InChI is InChI=1S/C11H22N2O2/c1-4-8(2)13-6-9(11(14)15)5-10(7-13)12-3/h8-10,12H,4-7H2,1-3H3,(H,14,15). The van der Waals surface area contributed by atoms with Gasteiger partial charge in [-0.15, -0.1) is 0 Å². The Morgan fingerprint density at radius 1 is 1.60 bits per heavy atom. The molecule has 1 saturated heterocycles. The molecule has 0 aromatic heterocycles. The number of carbonyl (C=O) groups is 1. The van der Waals surface area contributed by atoms with Gasteiger partial charge in [0.2, 0.25) is 0 Å². The van der Waals surface area contributed by atoms with Crippen molar-refractivity contribution in [1.82, 2.24) is 10.2 Å².